The van der Waals surface area contributed by atoms with Crippen LogP contribution in [-0.4, -0.2) is 31.2 Å². The van der Waals surface area contributed by atoms with Crippen LogP contribution in [0.2, 0.25) is 0 Å². The largest absolute Gasteiger partial charge is 0.289 e. The molecular formula is C11H15BrN2O4S. The van der Waals surface area contributed by atoms with Gasteiger partial charge >= 0.3 is 0 Å². The normalized spacial score (nSPS) is 11.8. The van der Waals surface area contributed by atoms with Crippen LogP contribution in [-0.2, 0) is 10.0 Å². The van der Waals surface area contributed by atoms with Crippen LogP contribution in [0.3, 0.4) is 0 Å². The Balaban J connectivity index is 3.27. The predicted octanol–water partition coefficient (Wildman–Crippen LogP) is 2.78. The summed E-state index contributed by atoms with van der Waals surface area (Å²) in [5.74, 6) is 0. The molecule has 0 atom stereocenters. The van der Waals surface area contributed by atoms with Gasteiger partial charge in [0.05, 0.1) is 4.92 Å². The fourth-order valence-electron chi connectivity index (χ4n) is 1.51. The van der Waals surface area contributed by atoms with Crippen LogP contribution in [0.1, 0.15) is 19.8 Å². The van der Waals surface area contributed by atoms with Crippen molar-refractivity contribution < 1.29 is 13.3 Å². The molecule has 0 N–H and O–H groups in total. The number of hydrogen-bond acceptors (Lipinski definition) is 4. The molecule has 0 bridgehead atoms. The second kappa shape index (κ2) is 6.44. The Hall–Kier alpha value is -0.990. The van der Waals surface area contributed by atoms with Gasteiger partial charge in [-0.05, 0) is 18.6 Å². The standard InChI is InChI=1S/C11H15BrN2O4S/c1-3-4-7-13(2)19(17,18)11-8-9(12)5-6-10(11)14(15)16/h5-6,8H,3-4,7H2,1-2H3. The van der Waals surface area contributed by atoms with E-state index in [0.29, 0.717) is 17.4 Å². The summed E-state index contributed by atoms with van der Waals surface area (Å²) < 4.78 is 26.3. The van der Waals surface area contributed by atoms with Crippen molar-refractivity contribution >= 4 is 31.6 Å². The molecule has 8 heteroatoms. The average molecular weight is 351 g/mol. The maximum atomic E-state index is 12.3. The number of rotatable bonds is 6. The Morgan fingerprint density at radius 1 is 1.42 bits per heavy atom. The molecule has 19 heavy (non-hydrogen) atoms. The van der Waals surface area contributed by atoms with Crippen molar-refractivity contribution in [2.75, 3.05) is 13.6 Å². The first-order valence-electron chi connectivity index (χ1n) is 5.71. The number of hydrogen-bond donors (Lipinski definition) is 0. The van der Waals surface area contributed by atoms with E-state index >= 15 is 0 Å². The van der Waals surface area contributed by atoms with E-state index < -0.39 is 20.6 Å². The Labute approximate surface area is 120 Å². The number of nitrogens with zero attached hydrogens (tertiary/aromatic N) is 2. The van der Waals surface area contributed by atoms with Crippen molar-refractivity contribution in [2.24, 2.45) is 0 Å². The quantitative estimate of drug-likeness (QED) is 0.583. The van der Waals surface area contributed by atoms with E-state index in [9.17, 15) is 18.5 Å². The lowest BCUT2D eigenvalue weighted by atomic mass is 10.3. The van der Waals surface area contributed by atoms with Gasteiger partial charge in [-0.15, -0.1) is 0 Å². The maximum absolute atomic E-state index is 12.3. The van der Waals surface area contributed by atoms with Crippen molar-refractivity contribution in [2.45, 2.75) is 24.7 Å². The SMILES string of the molecule is CCCCN(C)S(=O)(=O)c1cc(Br)ccc1[N+](=O)[O-]. The van der Waals surface area contributed by atoms with Crippen molar-refractivity contribution in [1.82, 2.24) is 4.31 Å². The smallest absolute Gasteiger partial charge is 0.258 e. The number of nitro groups is 1. The highest BCUT2D eigenvalue weighted by molar-refractivity contribution is 9.10. The van der Waals surface area contributed by atoms with E-state index in [0.717, 1.165) is 10.7 Å². The third-order valence-corrected chi connectivity index (χ3v) is 5.01. The molecule has 1 rings (SSSR count). The molecule has 1 aromatic carbocycles. The highest BCUT2D eigenvalue weighted by atomic mass is 79.9. The predicted molar refractivity (Wildman–Crippen MR) is 75.5 cm³/mol. The molecule has 6 nitrogen and oxygen atoms in total. The van der Waals surface area contributed by atoms with Gasteiger partial charge in [-0.2, -0.15) is 0 Å². The fraction of sp³-hybridized carbons (Fsp3) is 0.455. The first-order valence-corrected chi connectivity index (χ1v) is 7.94. The minimum atomic E-state index is -3.85. The lowest BCUT2D eigenvalue weighted by molar-refractivity contribution is -0.387. The molecule has 0 saturated carbocycles. The van der Waals surface area contributed by atoms with Crippen LogP contribution in [0.4, 0.5) is 5.69 Å². The molecule has 0 aliphatic heterocycles. The second-order valence-electron chi connectivity index (χ2n) is 4.05. The van der Waals surface area contributed by atoms with E-state index in [4.69, 9.17) is 0 Å². The Kier molecular flexibility index (Phi) is 5.45. The molecule has 0 unspecified atom stereocenters. The molecule has 0 aliphatic rings. The summed E-state index contributed by atoms with van der Waals surface area (Å²) in [6, 6.07) is 3.89. The van der Waals surface area contributed by atoms with Crippen LogP contribution in [0.25, 0.3) is 0 Å². The van der Waals surface area contributed by atoms with E-state index in [1.54, 1.807) is 0 Å². The topological polar surface area (TPSA) is 80.5 Å². The highest BCUT2D eigenvalue weighted by Crippen LogP contribution is 2.29. The number of sulfonamides is 1. The Bertz CT molecular complexity index is 574. The Morgan fingerprint density at radius 3 is 2.58 bits per heavy atom. The molecule has 0 aliphatic carbocycles. The number of unbranched alkanes of at least 4 members (excludes halogenated alkanes) is 1. The fourth-order valence-corrected chi connectivity index (χ4v) is 3.41. The van der Waals surface area contributed by atoms with Crippen molar-refractivity contribution in [3.63, 3.8) is 0 Å². The monoisotopic (exact) mass is 350 g/mol. The molecule has 0 spiro atoms. The molecule has 0 aromatic heterocycles. The summed E-state index contributed by atoms with van der Waals surface area (Å²) in [4.78, 5) is 9.95. The van der Waals surface area contributed by atoms with Gasteiger partial charge in [-0.1, -0.05) is 29.3 Å². The first-order chi connectivity index (χ1) is 8.80. The molecule has 0 fully saturated rings. The van der Waals surface area contributed by atoms with Crippen molar-refractivity contribution in [3.05, 3.63) is 32.8 Å². The minimum Gasteiger partial charge on any atom is -0.258 e. The summed E-state index contributed by atoms with van der Waals surface area (Å²) >= 11 is 3.13. The molecular weight excluding hydrogens is 336 g/mol. The number of nitro benzene ring substituents is 1. The lowest BCUT2D eigenvalue weighted by Gasteiger charge is -2.16. The molecule has 106 valence electrons. The summed E-state index contributed by atoms with van der Waals surface area (Å²) in [5, 5.41) is 10.9. The van der Waals surface area contributed by atoms with Crippen LogP contribution in [0.5, 0.6) is 0 Å². The van der Waals surface area contributed by atoms with Gasteiger partial charge < -0.3 is 0 Å². The molecule has 0 saturated heterocycles. The highest BCUT2D eigenvalue weighted by Gasteiger charge is 2.29. The summed E-state index contributed by atoms with van der Waals surface area (Å²) in [7, 11) is -2.42. The minimum absolute atomic E-state index is 0.287. The first kappa shape index (κ1) is 16.1. The van der Waals surface area contributed by atoms with E-state index in [2.05, 4.69) is 15.9 Å². The van der Waals surface area contributed by atoms with Gasteiger partial charge in [-0.3, -0.25) is 10.1 Å². The molecule has 1 aromatic rings. The van der Waals surface area contributed by atoms with Crippen LogP contribution < -0.4 is 0 Å². The van der Waals surface area contributed by atoms with Gasteiger partial charge in [0.15, 0.2) is 4.90 Å². The van der Waals surface area contributed by atoms with E-state index in [-0.39, 0.29) is 4.90 Å². The van der Waals surface area contributed by atoms with Crippen LogP contribution in [0, 0.1) is 10.1 Å². The van der Waals surface area contributed by atoms with E-state index in [1.165, 1.54) is 25.2 Å². The summed E-state index contributed by atoms with van der Waals surface area (Å²) in [5.41, 5.74) is -0.411. The van der Waals surface area contributed by atoms with Crippen molar-refractivity contribution in [3.8, 4) is 0 Å². The maximum Gasteiger partial charge on any atom is 0.289 e. The summed E-state index contributed by atoms with van der Waals surface area (Å²) in [6.07, 6.45) is 1.55. The average Bonchev–Trinajstić information content (AvgIpc) is 2.35. The molecule has 0 radical (unpaired) electrons. The van der Waals surface area contributed by atoms with E-state index in [1.807, 2.05) is 6.92 Å². The van der Waals surface area contributed by atoms with Gasteiger partial charge in [0.2, 0.25) is 10.0 Å². The van der Waals surface area contributed by atoms with Crippen LogP contribution >= 0.6 is 15.9 Å². The number of benzene rings is 1. The third-order valence-electron chi connectivity index (χ3n) is 2.63. The molecule has 0 amide bonds. The zero-order valence-corrected chi connectivity index (χ0v) is 13.1. The zero-order valence-electron chi connectivity index (χ0n) is 10.7. The van der Waals surface area contributed by atoms with Gasteiger partial charge in [-0.25, -0.2) is 12.7 Å². The van der Waals surface area contributed by atoms with Gasteiger partial charge in [0.25, 0.3) is 5.69 Å². The molecule has 0 heterocycles. The Morgan fingerprint density at radius 2 is 2.05 bits per heavy atom. The second-order valence-corrected chi connectivity index (χ2v) is 6.98. The summed E-state index contributed by atoms with van der Waals surface area (Å²) in [6.45, 7) is 2.28. The zero-order chi connectivity index (χ0) is 14.6. The number of halogens is 1. The van der Waals surface area contributed by atoms with Gasteiger partial charge in [0, 0.05) is 24.1 Å². The van der Waals surface area contributed by atoms with Crippen molar-refractivity contribution in [1.29, 1.82) is 0 Å². The third kappa shape index (κ3) is 3.74. The van der Waals surface area contributed by atoms with Crippen LogP contribution in [0.15, 0.2) is 27.6 Å². The van der Waals surface area contributed by atoms with Gasteiger partial charge in [0.1, 0.15) is 0 Å². The lowest BCUT2D eigenvalue weighted by Crippen LogP contribution is -2.28.